The molecule has 2 rings (SSSR count). The van der Waals surface area contributed by atoms with Gasteiger partial charge in [-0.25, -0.2) is 0 Å². The zero-order chi connectivity index (χ0) is 11.1. The smallest absolute Gasteiger partial charge is 0.0662 e. The van der Waals surface area contributed by atoms with E-state index in [0.717, 1.165) is 24.3 Å². The predicted molar refractivity (Wildman–Crippen MR) is 69.8 cm³/mol. The third-order valence-electron chi connectivity index (χ3n) is 5.66. The predicted octanol–water partition coefficient (Wildman–Crippen LogP) is 5.03. The number of rotatable bonds is 2. The standard InChI is InChI=1S/C14H27B/c1-11(2)14(3,4)15-12-7-5-8-13(15)10-6-9-12/h11-13H,5-10H2,1-4H3. The first-order chi connectivity index (χ1) is 7.03. The Balaban J connectivity index is 2.19. The quantitative estimate of drug-likeness (QED) is 0.556. The third kappa shape index (κ3) is 1.99. The minimum atomic E-state index is 0.566. The Hall–Kier alpha value is 0.0649. The Morgan fingerprint density at radius 2 is 1.33 bits per heavy atom. The van der Waals surface area contributed by atoms with Crippen molar-refractivity contribution in [1.29, 1.82) is 0 Å². The van der Waals surface area contributed by atoms with Crippen molar-refractivity contribution in [1.82, 2.24) is 0 Å². The molecule has 15 heavy (non-hydrogen) atoms. The van der Waals surface area contributed by atoms with Crippen molar-refractivity contribution in [3.05, 3.63) is 0 Å². The maximum atomic E-state index is 2.53. The van der Waals surface area contributed by atoms with E-state index in [4.69, 9.17) is 0 Å². The van der Waals surface area contributed by atoms with Gasteiger partial charge in [0, 0.05) is 0 Å². The highest BCUT2D eigenvalue weighted by atomic mass is 14.3. The molecule has 0 unspecified atom stereocenters. The molecule has 2 fully saturated rings. The van der Waals surface area contributed by atoms with Gasteiger partial charge in [-0.05, 0) is 5.92 Å². The molecule has 2 saturated heterocycles. The van der Waals surface area contributed by atoms with Crippen molar-refractivity contribution in [3.8, 4) is 0 Å². The lowest BCUT2D eigenvalue weighted by Crippen LogP contribution is -2.44. The van der Waals surface area contributed by atoms with Crippen LogP contribution in [0, 0.1) is 5.92 Å². The average molecular weight is 206 g/mol. The molecule has 0 atom stereocenters. The van der Waals surface area contributed by atoms with Crippen molar-refractivity contribution >= 4 is 6.71 Å². The summed E-state index contributed by atoms with van der Waals surface area (Å²) in [6.45, 7) is 10.9. The van der Waals surface area contributed by atoms with Crippen LogP contribution in [0.4, 0.5) is 0 Å². The van der Waals surface area contributed by atoms with E-state index in [1.807, 2.05) is 0 Å². The Kier molecular flexibility index (Phi) is 3.19. The molecule has 0 N–H and O–H groups in total. The SMILES string of the molecule is CC(C)C(C)(C)B1C2CCCC1CCC2. The number of hydrogen-bond donors (Lipinski definition) is 0. The van der Waals surface area contributed by atoms with E-state index >= 15 is 0 Å². The zero-order valence-corrected chi connectivity index (χ0v) is 11.1. The summed E-state index contributed by atoms with van der Waals surface area (Å²) >= 11 is 0. The van der Waals surface area contributed by atoms with Crippen LogP contribution in [0.3, 0.4) is 0 Å². The van der Waals surface area contributed by atoms with Gasteiger partial charge in [0.15, 0.2) is 6.71 Å². The molecule has 2 bridgehead atoms. The lowest BCUT2D eigenvalue weighted by molar-refractivity contribution is 0.382. The van der Waals surface area contributed by atoms with Crippen LogP contribution in [-0.2, 0) is 0 Å². The van der Waals surface area contributed by atoms with Crippen molar-refractivity contribution in [2.75, 3.05) is 0 Å². The molecule has 0 radical (unpaired) electrons. The van der Waals surface area contributed by atoms with Crippen molar-refractivity contribution < 1.29 is 0 Å². The van der Waals surface area contributed by atoms with Crippen molar-refractivity contribution in [2.45, 2.75) is 83.2 Å². The molecule has 0 aromatic rings. The highest BCUT2D eigenvalue weighted by Gasteiger charge is 2.48. The Morgan fingerprint density at radius 3 is 1.67 bits per heavy atom. The van der Waals surface area contributed by atoms with E-state index < -0.39 is 0 Å². The second-order valence-corrected chi connectivity index (χ2v) is 6.88. The van der Waals surface area contributed by atoms with Crippen LogP contribution in [-0.4, -0.2) is 6.71 Å². The lowest BCUT2D eigenvalue weighted by Gasteiger charge is -2.50. The van der Waals surface area contributed by atoms with Gasteiger partial charge in [-0.15, -0.1) is 0 Å². The normalized spacial score (nSPS) is 32.2. The highest BCUT2D eigenvalue weighted by molar-refractivity contribution is 6.65. The topological polar surface area (TPSA) is 0 Å². The maximum absolute atomic E-state index is 2.53. The molecule has 0 spiro atoms. The van der Waals surface area contributed by atoms with Gasteiger partial charge in [0.2, 0.25) is 0 Å². The van der Waals surface area contributed by atoms with Gasteiger partial charge in [-0.2, -0.15) is 0 Å². The van der Waals surface area contributed by atoms with Crippen molar-refractivity contribution in [3.63, 3.8) is 0 Å². The van der Waals surface area contributed by atoms with E-state index in [-0.39, 0.29) is 0 Å². The van der Waals surface area contributed by atoms with Crippen LogP contribution in [0.2, 0.25) is 16.9 Å². The fraction of sp³-hybridized carbons (Fsp3) is 1.00. The first kappa shape index (κ1) is 11.5. The molecule has 0 saturated carbocycles. The summed E-state index contributed by atoms with van der Waals surface area (Å²) in [5.74, 6) is 2.97. The van der Waals surface area contributed by atoms with Crippen molar-refractivity contribution in [2.24, 2.45) is 5.92 Å². The first-order valence-corrected chi connectivity index (χ1v) is 7.03. The molecule has 0 amide bonds. The largest absolute Gasteiger partial charge is 0.152 e. The van der Waals surface area contributed by atoms with Gasteiger partial charge >= 0.3 is 0 Å². The van der Waals surface area contributed by atoms with Crippen LogP contribution >= 0.6 is 0 Å². The fourth-order valence-electron chi connectivity index (χ4n) is 4.28. The maximum Gasteiger partial charge on any atom is 0.152 e. The van der Waals surface area contributed by atoms with E-state index in [1.54, 1.807) is 0 Å². The number of fused-ring (bicyclic) bond motifs is 2. The summed E-state index contributed by atoms with van der Waals surface area (Å²) in [4.78, 5) is 0. The van der Waals surface area contributed by atoms with Crippen LogP contribution < -0.4 is 0 Å². The summed E-state index contributed by atoms with van der Waals surface area (Å²) in [7, 11) is 0. The van der Waals surface area contributed by atoms with Gasteiger partial charge in [0.1, 0.15) is 0 Å². The molecular formula is C14H27B. The van der Waals surface area contributed by atoms with Crippen LogP contribution in [0.15, 0.2) is 0 Å². The summed E-state index contributed by atoms with van der Waals surface area (Å²) in [5, 5.41) is 0.566. The summed E-state index contributed by atoms with van der Waals surface area (Å²) in [6, 6.07) is 0. The van der Waals surface area contributed by atoms with E-state index in [2.05, 4.69) is 27.7 Å². The van der Waals surface area contributed by atoms with Crippen LogP contribution in [0.25, 0.3) is 0 Å². The molecule has 0 aromatic carbocycles. The molecule has 2 aliphatic heterocycles. The zero-order valence-electron chi connectivity index (χ0n) is 11.1. The van der Waals surface area contributed by atoms with E-state index in [0.29, 0.717) is 5.31 Å². The minimum Gasteiger partial charge on any atom is -0.0662 e. The molecule has 0 aliphatic carbocycles. The fourth-order valence-corrected chi connectivity index (χ4v) is 4.28. The summed E-state index contributed by atoms with van der Waals surface area (Å²) in [6.07, 6.45) is 9.13. The summed E-state index contributed by atoms with van der Waals surface area (Å²) < 4.78 is 0. The monoisotopic (exact) mass is 206 g/mol. The van der Waals surface area contributed by atoms with Crippen LogP contribution in [0.5, 0.6) is 0 Å². The Bertz CT molecular complexity index is 197. The van der Waals surface area contributed by atoms with Crippen LogP contribution in [0.1, 0.15) is 66.2 Å². The van der Waals surface area contributed by atoms with E-state index in [1.165, 1.54) is 38.5 Å². The molecule has 0 aromatic heterocycles. The molecule has 0 nitrogen and oxygen atoms in total. The van der Waals surface area contributed by atoms with Gasteiger partial charge in [0.05, 0.1) is 0 Å². The molecule has 1 heteroatoms. The third-order valence-corrected chi connectivity index (χ3v) is 5.66. The summed E-state index contributed by atoms with van der Waals surface area (Å²) in [5.41, 5.74) is 0. The second-order valence-electron chi connectivity index (χ2n) is 6.88. The number of hydrogen-bond acceptors (Lipinski definition) is 0. The first-order valence-electron chi connectivity index (χ1n) is 7.03. The average Bonchev–Trinajstić information content (AvgIpc) is 2.16. The van der Waals surface area contributed by atoms with E-state index in [9.17, 15) is 0 Å². The lowest BCUT2D eigenvalue weighted by atomic mass is 9.17. The Labute approximate surface area is 96.3 Å². The van der Waals surface area contributed by atoms with Gasteiger partial charge in [0.25, 0.3) is 0 Å². The van der Waals surface area contributed by atoms with Gasteiger partial charge in [-0.3, -0.25) is 0 Å². The van der Waals surface area contributed by atoms with Gasteiger partial charge < -0.3 is 0 Å². The van der Waals surface area contributed by atoms with Gasteiger partial charge in [-0.1, -0.05) is 83.2 Å². The highest BCUT2D eigenvalue weighted by Crippen LogP contribution is 2.56. The Morgan fingerprint density at radius 1 is 0.933 bits per heavy atom. The molecule has 2 aliphatic rings. The molecular weight excluding hydrogens is 179 g/mol. The molecule has 86 valence electrons. The second kappa shape index (κ2) is 4.15. The minimum absolute atomic E-state index is 0.566. The molecule has 2 heterocycles.